The van der Waals surface area contributed by atoms with Crippen LogP contribution < -0.4 is 10.2 Å². The van der Waals surface area contributed by atoms with E-state index in [1.54, 1.807) is 53.2 Å². The molecule has 7 heteroatoms. The fraction of sp³-hybridized carbons (Fsp3) is 0.182. The highest BCUT2D eigenvalue weighted by Gasteiger charge is 2.36. The van der Waals surface area contributed by atoms with Crippen molar-refractivity contribution in [2.75, 3.05) is 4.90 Å². The number of benzene rings is 2. The lowest BCUT2D eigenvalue weighted by Gasteiger charge is -2.16. The number of nitrogens with zero attached hydrogens (tertiary/aromatic N) is 3. The van der Waals surface area contributed by atoms with Gasteiger partial charge in [-0.15, -0.1) is 0 Å². The van der Waals surface area contributed by atoms with E-state index in [9.17, 15) is 14.4 Å². The predicted octanol–water partition coefficient (Wildman–Crippen LogP) is 3.19. The summed E-state index contributed by atoms with van der Waals surface area (Å²) < 4.78 is 1.79. The second kappa shape index (κ2) is 7.35. The Kier molecular flexibility index (Phi) is 4.72. The maximum absolute atomic E-state index is 12.7. The quantitative estimate of drug-likeness (QED) is 0.681. The minimum absolute atomic E-state index is 0.279. The number of carbonyl (C=O) groups excluding carboxylic acids is 3. The highest BCUT2D eigenvalue weighted by atomic mass is 16.2. The predicted molar refractivity (Wildman–Crippen MR) is 108 cm³/mol. The van der Waals surface area contributed by atoms with Crippen LogP contribution in [-0.4, -0.2) is 27.5 Å². The van der Waals surface area contributed by atoms with Crippen LogP contribution in [0.3, 0.4) is 0 Å². The maximum atomic E-state index is 12.7. The lowest BCUT2D eigenvalue weighted by atomic mass is 10.1. The first-order valence-electron chi connectivity index (χ1n) is 9.41. The summed E-state index contributed by atoms with van der Waals surface area (Å²) in [6.45, 7) is 4.60. The molecule has 1 aliphatic rings. The van der Waals surface area contributed by atoms with Gasteiger partial charge in [0.1, 0.15) is 0 Å². The van der Waals surface area contributed by atoms with Crippen molar-refractivity contribution in [3.63, 3.8) is 0 Å². The van der Waals surface area contributed by atoms with Crippen molar-refractivity contribution in [3.8, 4) is 0 Å². The number of aromatic nitrogens is 2. The number of hydrogen-bond donors (Lipinski definition) is 1. The molecule has 2 heterocycles. The van der Waals surface area contributed by atoms with Crippen LogP contribution in [0.15, 0.2) is 60.8 Å². The number of hydrogen-bond acceptors (Lipinski definition) is 4. The Morgan fingerprint density at radius 3 is 2.34 bits per heavy atom. The van der Waals surface area contributed by atoms with Gasteiger partial charge in [0.25, 0.3) is 17.7 Å². The number of rotatable bonds is 5. The number of amides is 3. The van der Waals surface area contributed by atoms with Gasteiger partial charge in [0, 0.05) is 18.3 Å². The third-order valence-electron chi connectivity index (χ3n) is 4.94. The summed E-state index contributed by atoms with van der Waals surface area (Å²) in [5.41, 5.74) is 2.23. The second-order valence-corrected chi connectivity index (χ2v) is 6.83. The minimum atomic E-state index is -0.387. The van der Waals surface area contributed by atoms with E-state index in [1.807, 2.05) is 26.1 Å². The topological polar surface area (TPSA) is 84.3 Å². The Morgan fingerprint density at radius 2 is 1.72 bits per heavy atom. The van der Waals surface area contributed by atoms with Crippen LogP contribution in [0, 0.1) is 0 Å². The lowest BCUT2D eigenvalue weighted by molar-refractivity contribution is 0.0916. The molecule has 0 radical (unpaired) electrons. The first-order chi connectivity index (χ1) is 14.0. The third-order valence-corrected chi connectivity index (χ3v) is 4.94. The number of fused-ring (bicyclic) bond motifs is 1. The van der Waals surface area contributed by atoms with Crippen molar-refractivity contribution in [1.82, 2.24) is 15.1 Å². The van der Waals surface area contributed by atoms with Crippen LogP contribution in [-0.2, 0) is 6.54 Å². The van der Waals surface area contributed by atoms with Crippen molar-refractivity contribution in [2.45, 2.75) is 26.4 Å². The average Bonchev–Trinajstić information content (AvgIpc) is 3.32. The Bertz CT molecular complexity index is 1080. The molecular formula is C22H20N4O3. The molecule has 4 rings (SSSR count). The molecule has 2 aromatic carbocycles. The number of aryl methyl sites for hydroxylation is 1. The summed E-state index contributed by atoms with van der Waals surface area (Å²) in [7, 11) is 0. The van der Waals surface area contributed by atoms with E-state index in [4.69, 9.17) is 0 Å². The van der Waals surface area contributed by atoms with Gasteiger partial charge >= 0.3 is 0 Å². The van der Waals surface area contributed by atoms with Gasteiger partial charge < -0.3 is 5.32 Å². The minimum Gasteiger partial charge on any atom is -0.344 e. The van der Waals surface area contributed by atoms with E-state index in [0.717, 1.165) is 17.1 Å². The van der Waals surface area contributed by atoms with E-state index >= 15 is 0 Å². The molecule has 1 atom stereocenters. The van der Waals surface area contributed by atoms with Gasteiger partial charge in [0.15, 0.2) is 0 Å². The highest BCUT2D eigenvalue weighted by molar-refractivity contribution is 6.34. The normalized spacial score (nSPS) is 14.1. The molecule has 1 aliphatic heterocycles. The van der Waals surface area contributed by atoms with Crippen LogP contribution in [0.1, 0.15) is 56.7 Å². The van der Waals surface area contributed by atoms with Gasteiger partial charge in [-0.05, 0) is 50.2 Å². The smallest absolute Gasteiger partial charge is 0.266 e. The Hall–Kier alpha value is -3.74. The summed E-state index contributed by atoms with van der Waals surface area (Å²) in [5, 5.41) is 7.31. The monoisotopic (exact) mass is 388 g/mol. The van der Waals surface area contributed by atoms with Gasteiger partial charge in [-0.1, -0.05) is 18.2 Å². The lowest BCUT2D eigenvalue weighted by Crippen LogP contribution is -2.30. The van der Waals surface area contributed by atoms with Crippen LogP contribution in [0.25, 0.3) is 0 Å². The second-order valence-electron chi connectivity index (χ2n) is 6.83. The van der Waals surface area contributed by atoms with E-state index in [2.05, 4.69) is 10.4 Å². The van der Waals surface area contributed by atoms with Gasteiger partial charge in [-0.3, -0.25) is 19.1 Å². The maximum Gasteiger partial charge on any atom is 0.266 e. The Morgan fingerprint density at radius 1 is 1.03 bits per heavy atom. The summed E-state index contributed by atoms with van der Waals surface area (Å²) in [4.78, 5) is 39.2. The van der Waals surface area contributed by atoms with Crippen LogP contribution >= 0.6 is 0 Å². The number of anilines is 1. The first-order valence-corrected chi connectivity index (χ1v) is 9.41. The Balaban J connectivity index is 1.55. The van der Waals surface area contributed by atoms with Crippen molar-refractivity contribution in [3.05, 3.63) is 83.2 Å². The number of imide groups is 1. The Labute approximate surface area is 167 Å². The molecule has 3 amide bonds. The van der Waals surface area contributed by atoms with Crippen molar-refractivity contribution < 1.29 is 14.4 Å². The van der Waals surface area contributed by atoms with Crippen LogP contribution in [0.5, 0.6) is 0 Å². The highest BCUT2D eigenvalue weighted by Crippen LogP contribution is 2.28. The summed E-state index contributed by atoms with van der Waals surface area (Å²) >= 11 is 0. The van der Waals surface area contributed by atoms with Crippen LogP contribution in [0.2, 0.25) is 0 Å². The molecule has 3 aromatic rings. The molecule has 0 saturated carbocycles. The number of nitrogens with one attached hydrogen (secondary N) is 1. The molecule has 0 fully saturated rings. The van der Waals surface area contributed by atoms with Gasteiger partial charge in [0.05, 0.1) is 28.6 Å². The van der Waals surface area contributed by atoms with Gasteiger partial charge in [-0.25, -0.2) is 4.90 Å². The molecule has 0 bridgehead atoms. The zero-order valence-corrected chi connectivity index (χ0v) is 16.1. The largest absolute Gasteiger partial charge is 0.344 e. The average molecular weight is 388 g/mol. The van der Waals surface area contributed by atoms with E-state index in [0.29, 0.717) is 22.4 Å². The molecule has 1 aromatic heterocycles. The summed E-state index contributed by atoms with van der Waals surface area (Å²) in [6, 6.07) is 14.8. The molecule has 0 aliphatic carbocycles. The molecule has 1 unspecified atom stereocenters. The van der Waals surface area contributed by atoms with Crippen LogP contribution in [0.4, 0.5) is 5.69 Å². The third kappa shape index (κ3) is 3.31. The molecular weight excluding hydrogens is 368 g/mol. The summed E-state index contributed by atoms with van der Waals surface area (Å²) in [6.07, 6.45) is 1.86. The molecule has 1 N–H and O–H groups in total. The molecule has 146 valence electrons. The van der Waals surface area contributed by atoms with Crippen molar-refractivity contribution in [2.24, 2.45) is 0 Å². The number of carbonyl (C=O) groups is 3. The van der Waals surface area contributed by atoms with E-state index in [1.165, 1.54) is 0 Å². The first kappa shape index (κ1) is 18.6. The zero-order chi connectivity index (χ0) is 20.5. The standard InChI is InChI=1S/C22H20N4O3/c1-3-25-12-11-19(24-25)14(2)23-20(27)15-7-6-8-16(13-15)26-21(28)17-9-4-5-10-18(17)22(26)29/h4-14H,3H2,1-2H3,(H,23,27). The molecule has 0 saturated heterocycles. The van der Waals surface area contributed by atoms with E-state index < -0.39 is 0 Å². The molecule has 29 heavy (non-hydrogen) atoms. The van der Waals surface area contributed by atoms with Crippen molar-refractivity contribution >= 4 is 23.4 Å². The molecule has 0 spiro atoms. The van der Waals surface area contributed by atoms with E-state index in [-0.39, 0.29) is 23.8 Å². The zero-order valence-electron chi connectivity index (χ0n) is 16.1. The van der Waals surface area contributed by atoms with Crippen molar-refractivity contribution in [1.29, 1.82) is 0 Å². The van der Waals surface area contributed by atoms with Gasteiger partial charge in [0.2, 0.25) is 0 Å². The fourth-order valence-electron chi connectivity index (χ4n) is 3.35. The van der Waals surface area contributed by atoms with Gasteiger partial charge in [-0.2, -0.15) is 5.10 Å². The SMILES string of the molecule is CCn1ccc(C(C)NC(=O)c2cccc(N3C(=O)c4ccccc4C3=O)c2)n1. The summed E-state index contributed by atoms with van der Waals surface area (Å²) in [5.74, 6) is -1.08. The molecule has 7 nitrogen and oxygen atoms in total. The fourth-order valence-corrected chi connectivity index (χ4v) is 3.35.